The number of hydrogen-bond donors (Lipinski definition) is 1. The minimum Gasteiger partial charge on any atom is -0.339 e. The molecule has 5 nitrogen and oxygen atoms in total. The number of piperazine rings is 1. The highest BCUT2D eigenvalue weighted by atomic mass is 35.5. The topological polar surface area (TPSA) is 52.7 Å². The van der Waals surface area contributed by atoms with E-state index in [0.717, 1.165) is 25.7 Å². The largest absolute Gasteiger partial charge is 0.339 e. The second-order valence-corrected chi connectivity index (χ2v) is 7.11. The van der Waals surface area contributed by atoms with Gasteiger partial charge in [0.1, 0.15) is 5.82 Å². The van der Waals surface area contributed by atoms with Gasteiger partial charge in [-0.3, -0.25) is 4.79 Å². The third-order valence-corrected chi connectivity index (χ3v) is 5.29. The van der Waals surface area contributed by atoms with E-state index in [1.807, 2.05) is 4.90 Å². The van der Waals surface area contributed by atoms with Crippen LogP contribution in [0.5, 0.6) is 0 Å². The van der Waals surface area contributed by atoms with Crippen LogP contribution in [0.4, 0.5) is 14.9 Å². The zero-order valence-electron chi connectivity index (χ0n) is 14.1. The molecule has 0 unspecified atom stereocenters. The minimum atomic E-state index is -0.519. The van der Waals surface area contributed by atoms with Gasteiger partial charge in [0.25, 0.3) is 0 Å². The predicted molar refractivity (Wildman–Crippen MR) is 95.2 cm³/mol. The molecule has 25 heavy (non-hydrogen) atoms. The molecule has 0 radical (unpaired) electrons. The number of carbonyl (C=O) groups is 2. The third kappa shape index (κ3) is 4.42. The number of halogens is 2. The lowest BCUT2D eigenvalue weighted by molar-refractivity contribution is -0.138. The number of urea groups is 1. The zero-order chi connectivity index (χ0) is 17.8. The summed E-state index contributed by atoms with van der Waals surface area (Å²) in [6.45, 7) is 2.12. The minimum absolute atomic E-state index is 0.0271. The maximum atomic E-state index is 13.2. The van der Waals surface area contributed by atoms with Crippen LogP contribution in [0.1, 0.15) is 32.1 Å². The Balaban J connectivity index is 1.50. The van der Waals surface area contributed by atoms with E-state index in [1.165, 1.54) is 24.6 Å². The molecule has 2 aliphatic rings. The fraction of sp³-hybridized carbons (Fsp3) is 0.556. The van der Waals surface area contributed by atoms with Crippen molar-refractivity contribution in [2.75, 3.05) is 31.5 Å². The van der Waals surface area contributed by atoms with Gasteiger partial charge in [0, 0.05) is 37.8 Å². The Morgan fingerprint density at radius 3 is 2.32 bits per heavy atom. The summed E-state index contributed by atoms with van der Waals surface area (Å²) in [5, 5.41) is 2.69. The van der Waals surface area contributed by atoms with E-state index in [1.54, 1.807) is 4.90 Å². The summed E-state index contributed by atoms with van der Waals surface area (Å²) in [5.41, 5.74) is 0.456. The molecule has 1 saturated carbocycles. The van der Waals surface area contributed by atoms with Gasteiger partial charge in [-0.1, -0.05) is 30.9 Å². The maximum absolute atomic E-state index is 13.2. The van der Waals surface area contributed by atoms with E-state index in [2.05, 4.69) is 5.32 Å². The molecule has 1 aromatic carbocycles. The summed E-state index contributed by atoms with van der Waals surface area (Å²) in [4.78, 5) is 28.4. The van der Waals surface area contributed by atoms with E-state index >= 15 is 0 Å². The Labute approximate surface area is 152 Å². The second kappa shape index (κ2) is 8.04. The first-order valence-corrected chi connectivity index (χ1v) is 9.22. The van der Waals surface area contributed by atoms with Gasteiger partial charge in [-0.2, -0.15) is 0 Å². The molecule has 1 aliphatic carbocycles. The van der Waals surface area contributed by atoms with Crippen LogP contribution in [-0.4, -0.2) is 47.9 Å². The van der Waals surface area contributed by atoms with Crippen molar-refractivity contribution in [3.05, 3.63) is 29.0 Å². The third-order valence-electron chi connectivity index (χ3n) is 5.00. The summed E-state index contributed by atoms with van der Waals surface area (Å²) in [7, 11) is 0. The monoisotopic (exact) mass is 367 g/mol. The fourth-order valence-corrected chi connectivity index (χ4v) is 3.69. The van der Waals surface area contributed by atoms with Gasteiger partial charge in [-0.15, -0.1) is 0 Å². The average Bonchev–Trinajstić information content (AvgIpc) is 2.65. The quantitative estimate of drug-likeness (QED) is 0.865. The van der Waals surface area contributed by atoms with Gasteiger partial charge >= 0.3 is 6.03 Å². The number of anilines is 1. The molecule has 0 aromatic heterocycles. The molecule has 136 valence electrons. The molecule has 1 aromatic rings. The van der Waals surface area contributed by atoms with Crippen LogP contribution in [-0.2, 0) is 4.79 Å². The van der Waals surface area contributed by atoms with Crippen molar-refractivity contribution in [2.45, 2.75) is 32.1 Å². The molecule has 0 atom stereocenters. The highest BCUT2D eigenvalue weighted by Gasteiger charge is 2.29. The lowest BCUT2D eigenvalue weighted by Gasteiger charge is -2.37. The number of nitrogens with one attached hydrogen (secondary N) is 1. The molecular weight excluding hydrogens is 345 g/mol. The first kappa shape index (κ1) is 18.0. The van der Waals surface area contributed by atoms with Crippen LogP contribution in [0.3, 0.4) is 0 Å². The van der Waals surface area contributed by atoms with Gasteiger partial charge in [0.15, 0.2) is 0 Å². The first-order chi connectivity index (χ1) is 12.0. The summed E-state index contributed by atoms with van der Waals surface area (Å²) in [6.07, 6.45) is 5.48. The summed E-state index contributed by atoms with van der Waals surface area (Å²) in [5.74, 6) is -0.116. The Hall–Kier alpha value is -1.82. The summed E-state index contributed by atoms with van der Waals surface area (Å²) in [6, 6.07) is 3.82. The number of rotatable bonds is 2. The molecule has 1 saturated heterocycles. The van der Waals surface area contributed by atoms with Crippen molar-refractivity contribution in [1.29, 1.82) is 0 Å². The molecule has 0 bridgehead atoms. The normalized spacial score (nSPS) is 19.0. The van der Waals surface area contributed by atoms with Gasteiger partial charge in [0.2, 0.25) is 5.91 Å². The maximum Gasteiger partial charge on any atom is 0.321 e. The molecule has 3 rings (SSSR count). The summed E-state index contributed by atoms with van der Waals surface area (Å²) >= 11 is 5.73. The highest BCUT2D eigenvalue weighted by molar-refractivity contribution is 6.31. The molecule has 1 heterocycles. The van der Waals surface area contributed by atoms with Crippen LogP contribution in [0.15, 0.2) is 18.2 Å². The Kier molecular flexibility index (Phi) is 5.78. The molecule has 3 amide bonds. The number of nitrogens with zero attached hydrogens (tertiary/aromatic N) is 2. The van der Waals surface area contributed by atoms with Gasteiger partial charge in [0.05, 0.1) is 5.02 Å². The Bertz CT molecular complexity index is 641. The van der Waals surface area contributed by atoms with Gasteiger partial charge < -0.3 is 15.1 Å². The van der Waals surface area contributed by atoms with E-state index in [-0.39, 0.29) is 22.9 Å². The SMILES string of the molecule is O=C(Nc1ccc(F)c(Cl)c1)N1CCN(C(=O)C2CCCCC2)CC1. The number of benzene rings is 1. The van der Waals surface area contributed by atoms with Crippen molar-refractivity contribution >= 4 is 29.2 Å². The molecule has 1 N–H and O–H groups in total. The van der Waals surface area contributed by atoms with E-state index in [4.69, 9.17) is 11.6 Å². The number of hydrogen-bond acceptors (Lipinski definition) is 2. The zero-order valence-corrected chi connectivity index (χ0v) is 14.9. The molecule has 1 aliphatic heterocycles. The molecule has 0 spiro atoms. The predicted octanol–water partition coefficient (Wildman–Crippen LogP) is 3.74. The lowest BCUT2D eigenvalue weighted by Crippen LogP contribution is -2.53. The average molecular weight is 368 g/mol. The highest BCUT2D eigenvalue weighted by Crippen LogP contribution is 2.26. The lowest BCUT2D eigenvalue weighted by atomic mass is 9.88. The Morgan fingerprint density at radius 2 is 1.68 bits per heavy atom. The molecule has 7 heteroatoms. The van der Waals surface area contributed by atoms with Crippen LogP contribution in [0.25, 0.3) is 0 Å². The van der Waals surface area contributed by atoms with Crippen LogP contribution < -0.4 is 5.32 Å². The van der Waals surface area contributed by atoms with Crippen molar-refractivity contribution in [3.63, 3.8) is 0 Å². The van der Waals surface area contributed by atoms with Crippen LogP contribution in [0.2, 0.25) is 5.02 Å². The first-order valence-electron chi connectivity index (χ1n) is 8.84. The van der Waals surface area contributed by atoms with E-state index < -0.39 is 5.82 Å². The van der Waals surface area contributed by atoms with Crippen LogP contribution >= 0.6 is 11.6 Å². The van der Waals surface area contributed by atoms with Crippen molar-refractivity contribution in [2.24, 2.45) is 5.92 Å². The van der Waals surface area contributed by atoms with E-state index in [9.17, 15) is 14.0 Å². The van der Waals surface area contributed by atoms with Gasteiger partial charge in [-0.25, -0.2) is 9.18 Å². The van der Waals surface area contributed by atoms with Crippen molar-refractivity contribution in [3.8, 4) is 0 Å². The summed E-state index contributed by atoms with van der Waals surface area (Å²) < 4.78 is 13.2. The smallest absolute Gasteiger partial charge is 0.321 e. The fourth-order valence-electron chi connectivity index (χ4n) is 3.51. The second-order valence-electron chi connectivity index (χ2n) is 6.71. The standard InChI is InChI=1S/C18H23ClFN3O2/c19-15-12-14(6-7-16(15)20)21-18(25)23-10-8-22(9-11-23)17(24)13-4-2-1-3-5-13/h6-7,12-13H,1-5,8-11H2,(H,21,25). The number of amides is 3. The van der Waals surface area contributed by atoms with Crippen molar-refractivity contribution < 1.29 is 14.0 Å². The van der Waals surface area contributed by atoms with Crippen LogP contribution in [0, 0.1) is 11.7 Å². The van der Waals surface area contributed by atoms with E-state index in [0.29, 0.717) is 31.9 Å². The molecular formula is C18H23ClFN3O2. The number of carbonyl (C=O) groups excluding carboxylic acids is 2. The molecule has 2 fully saturated rings. The Morgan fingerprint density at radius 1 is 1.04 bits per heavy atom. The van der Waals surface area contributed by atoms with Crippen molar-refractivity contribution in [1.82, 2.24) is 9.80 Å². The van der Waals surface area contributed by atoms with Gasteiger partial charge in [-0.05, 0) is 31.0 Å².